The molecule has 0 aliphatic heterocycles. The van der Waals surface area contributed by atoms with E-state index in [9.17, 15) is 0 Å². The molecule has 2 saturated carbocycles. The first kappa shape index (κ1) is 35.8. The Morgan fingerprint density at radius 2 is 1.28 bits per heavy atom. The number of rotatable bonds is 4. The summed E-state index contributed by atoms with van der Waals surface area (Å²) in [5, 5.41) is 0. The molecule has 242 valence electrons. The average Bonchev–Trinajstić information content (AvgIpc) is 3.58. The summed E-state index contributed by atoms with van der Waals surface area (Å²) in [6.07, 6.45) is 37.3. The van der Waals surface area contributed by atoms with Crippen LogP contribution in [0.4, 0.5) is 0 Å². The number of allylic oxidation sites excluding steroid dienone is 16. The van der Waals surface area contributed by atoms with Crippen molar-refractivity contribution in [3.05, 3.63) is 130 Å². The van der Waals surface area contributed by atoms with Crippen LogP contribution < -0.4 is 24.8 Å². The fourth-order valence-electron chi connectivity index (χ4n) is 12.6. The predicted molar refractivity (Wildman–Crippen MR) is 186 cm³/mol. The molecule has 46 heavy (non-hydrogen) atoms. The summed E-state index contributed by atoms with van der Waals surface area (Å²) in [7, 11) is 0. The first-order chi connectivity index (χ1) is 20.8. The van der Waals surface area contributed by atoms with Gasteiger partial charge in [0.1, 0.15) is 0 Å². The fourth-order valence-corrected chi connectivity index (χ4v) is 23.6. The van der Waals surface area contributed by atoms with Crippen molar-refractivity contribution in [2.24, 2.45) is 43.8 Å². The summed E-state index contributed by atoms with van der Waals surface area (Å²) in [4.78, 5) is 0. The van der Waals surface area contributed by atoms with Gasteiger partial charge in [-0.05, 0) is 0 Å². The number of hydrogen-bond acceptors (Lipinski definition) is 0. The van der Waals surface area contributed by atoms with Crippen molar-refractivity contribution in [2.45, 2.75) is 78.8 Å². The Hall–Kier alpha value is -1.53. The van der Waals surface area contributed by atoms with Crippen LogP contribution in [-0.2, 0) is 27.7 Å². The largest absolute Gasteiger partial charge is 1.00 e. The van der Waals surface area contributed by atoms with Crippen LogP contribution in [-0.4, -0.2) is 3.21 Å². The zero-order chi connectivity index (χ0) is 31.4. The van der Waals surface area contributed by atoms with E-state index in [2.05, 4.69) is 178 Å². The minimum Gasteiger partial charge on any atom is -1.00 e. The second kappa shape index (κ2) is 11.5. The van der Waals surface area contributed by atoms with Gasteiger partial charge in [-0.25, -0.2) is 0 Å². The van der Waals surface area contributed by atoms with E-state index in [0.29, 0.717) is 9.54 Å². The molecule has 2 fully saturated rings. The van der Waals surface area contributed by atoms with E-state index in [1.807, 2.05) is 3.21 Å². The molecular weight excluding hydrogens is 679 g/mol. The SMILES string of the molecule is CC1=CC=CC2[CH](/[Zr+2]([C]3=CC=CC3)=[C](\C)Cc3ccccc3)C3(C)C4(C)C=CC=CC4(C)C4(C)C=CC=CC4(C)C3(C)C12C.[Cl-].[Cl-]. The van der Waals surface area contributed by atoms with E-state index >= 15 is 0 Å². The maximum absolute atomic E-state index is 2.81. The smallest absolute Gasteiger partial charge is 1.00 e. The second-order valence-corrected chi connectivity index (χ2v) is 23.4. The maximum Gasteiger partial charge on any atom is -1.00 e. The van der Waals surface area contributed by atoms with Gasteiger partial charge in [-0.1, -0.05) is 0 Å². The normalized spacial score (nSPS) is 44.2. The second-order valence-electron chi connectivity index (χ2n) is 16.2. The van der Waals surface area contributed by atoms with Crippen molar-refractivity contribution >= 4 is 3.21 Å². The van der Waals surface area contributed by atoms with Gasteiger partial charge in [0.05, 0.1) is 0 Å². The van der Waals surface area contributed by atoms with Crippen molar-refractivity contribution in [1.29, 1.82) is 0 Å². The van der Waals surface area contributed by atoms with Crippen LogP contribution in [0.15, 0.2) is 124 Å². The van der Waals surface area contributed by atoms with E-state index in [-0.39, 0.29) is 62.7 Å². The Balaban J connectivity index is 0.00000208. The molecule has 0 heterocycles. The summed E-state index contributed by atoms with van der Waals surface area (Å²) in [6, 6.07) is 11.3. The summed E-state index contributed by atoms with van der Waals surface area (Å²) in [6.45, 7) is 23.9. The molecular formula is C43H52Cl2Zr. The van der Waals surface area contributed by atoms with Gasteiger partial charge < -0.3 is 24.8 Å². The van der Waals surface area contributed by atoms with Crippen LogP contribution in [0, 0.1) is 43.8 Å². The molecule has 1 aromatic carbocycles. The fraction of sp³-hybridized carbons (Fsp3) is 0.465. The molecule has 0 spiro atoms. The molecule has 6 aliphatic rings. The first-order valence-corrected chi connectivity index (χ1v) is 20.9. The van der Waals surface area contributed by atoms with Crippen molar-refractivity contribution in [3.8, 4) is 0 Å². The van der Waals surface area contributed by atoms with Gasteiger partial charge in [0.15, 0.2) is 0 Å². The third kappa shape index (κ3) is 3.81. The Kier molecular flexibility index (Phi) is 8.97. The standard InChI is InChI=1S/C29H37.C9H10.C5H5.2ClH.Zr/c1-21-14-13-15-22-20-27(6)25(4)18-10-9-16-23(25,2)24(3)17-11-12-19-26(24,5)29(27,8)28(21,22)7;1-2-6-9-7-4-3-5-8-9;1-2-4-5-3-1;;;/h9-20,22H,1-8H3;3-5,7-8H,6H2,1H3;1-3H,4H2;2*1H;/q;;;;;+2/p-2. The van der Waals surface area contributed by atoms with Gasteiger partial charge in [0.2, 0.25) is 0 Å². The zero-order valence-corrected chi connectivity index (χ0v) is 33.3. The topological polar surface area (TPSA) is 0 Å². The molecule has 1 aromatic rings. The maximum atomic E-state index is 2.81. The molecule has 9 atom stereocenters. The van der Waals surface area contributed by atoms with Crippen LogP contribution in [0.2, 0.25) is 3.63 Å². The van der Waals surface area contributed by atoms with Gasteiger partial charge in [-0.3, -0.25) is 0 Å². The quantitative estimate of drug-likeness (QED) is 0.403. The molecule has 0 aromatic heterocycles. The number of halogens is 2. The van der Waals surface area contributed by atoms with E-state index in [1.165, 1.54) is 5.56 Å². The van der Waals surface area contributed by atoms with Crippen LogP contribution in [0.5, 0.6) is 0 Å². The van der Waals surface area contributed by atoms with E-state index in [1.54, 1.807) is 8.85 Å². The molecule has 0 nitrogen and oxygen atoms in total. The van der Waals surface area contributed by atoms with Gasteiger partial charge in [0.25, 0.3) is 0 Å². The van der Waals surface area contributed by atoms with Crippen LogP contribution in [0.25, 0.3) is 0 Å². The van der Waals surface area contributed by atoms with Gasteiger partial charge >= 0.3 is 277 Å². The van der Waals surface area contributed by atoms with Crippen molar-refractivity contribution in [1.82, 2.24) is 0 Å². The van der Waals surface area contributed by atoms with Crippen molar-refractivity contribution in [3.63, 3.8) is 0 Å². The number of hydrogen-bond donors (Lipinski definition) is 0. The molecule has 7 rings (SSSR count). The van der Waals surface area contributed by atoms with Crippen molar-refractivity contribution in [2.75, 3.05) is 0 Å². The number of benzene rings is 1. The van der Waals surface area contributed by atoms with E-state index in [0.717, 1.165) is 12.8 Å². The molecule has 0 bridgehead atoms. The minimum absolute atomic E-state index is 0. The van der Waals surface area contributed by atoms with Crippen LogP contribution in [0.3, 0.4) is 0 Å². The van der Waals surface area contributed by atoms with Gasteiger partial charge in [0, 0.05) is 0 Å². The molecule has 0 radical (unpaired) electrons. The van der Waals surface area contributed by atoms with Crippen molar-refractivity contribution < 1.29 is 46.1 Å². The molecule has 0 N–H and O–H groups in total. The van der Waals surface area contributed by atoms with Crippen LogP contribution >= 0.6 is 0 Å². The molecule has 3 heteroatoms. The third-order valence-corrected chi connectivity index (χ3v) is 24.8. The number of fused-ring (bicyclic) bond motifs is 8. The predicted octanol–water partition coefficient (Wildman–Crippen LogP) is 5.14. The minimum atomic E-state index is -2.54. The van der Waals surface area contributed by atoms with Gasteiger partial charge in [-0.15, -0.1) is 0 Å². The van der Waals surface area contributed by atoms with Crippen LogP contribution in [0.1, 0.15) is 74.3 Å². The molecule has 0 saturated heterocycles. The summed E-state index contributed by atoms with van der Waals surface area (Å²) in [5.74, 6) is 0.503. The summed E-state index contributed by atoms with van der Waals surface area (Å²) >= 11 is -2.54. The van der Waals surface area contributed by atoms with E-state index in [4.69, 9.17) is 0 Å². The zero-order valence-electron chi connectivity index (χ0n) is 29.3. The third-order valence-electron chi connectivity index (χ3n) is 15.7. The molecule has 0 amide bonds. The van der Waals surface area contributed by atoms with Gasteiger partial charge in [-0.2, -0.15) is 0 Å². The average molecular weight is 731 g/mol. The molecule has 6 aliphatic carbocycles. The monoisotopic (exact) mass is 728 g/mol. The Morgan fingerprint density at radius 3 is 1.87 bits per heavy atom. The van der Waals surface area contributed by atoms with E-state index < -0.39 is 21.3 Å². The first-order valence-electron chi connectivity index (χ1n) is 17.0. The summed E-state index contributed by atoms with van der Waals surface area (Å²) in [5.41, 5.74) is 2.89. The Bertz CT molecular complexity index is 1700. The Morgan fingerprint density at radius 1 is 0.717 bits per heavy atom. The molecule has 9 unspecified atom stereocenters. The Labute approximate surface area is 299 Å². The summed E-state index contributed by atoms with van der Waals surface area (Å²) < 4.78 is 4.23.